The Labute approximate surface area is 790 Å². The van der Waals surface area contributed by atoms with Crippen molar-refractivity contribution < 1.29 is 143 Å². The number of aliphatic carboxylic acids is 2. The Bertz CT molecular complexity index is 4770. The summed E-state index contributed by atoms with van der Waals surface area (Å²) in [4.78, 5) is 38.7. The number of carbonyl (C=O) groups is 3. The summed E-state index contributed by atoms with van der Waals surface area (Å²) in [6, 6.07) is 12.7. The summed E-state index contributed by atoms with van der Waals surface area (Å²) < 4.78 is 248. The van der Waals surface area contributed by atoms with Gasteiger partial charge in [-0.15, -0.1) is 0 Å². The molecule has 0 bridgehead atoms. The topological polar surface area (TPSA) is 680 Å². The maximum absolute atomic E-state index is 11.7. The predicted octanol–water partition coefficient (Wildman–Crippen LogP) is 6.05. The quantitative estimate of drug-likeness (QED) is 0.00786. The third-order valence-electron chi connectivity index (χ3n) is 20.8. The van der Waals surface area contributed by atoms with E-state index in [0.29, 0.717) is 104 Å². The third kappa shape index (κ3) is 80.6. The smallest absolute Gasteiger partial charge is 0.323 e. The molecule has 20 N–H and O–H groups in total. The van der Waals surface area contributed by atoms with Crippen molar-refractivity contribution in [3.63, 3.8) is 0 Å². The minimum Gasteiger partial charge on any atom is -0.480 e. The number of imidazole rings is 2. The van der Waals surface area contributed by atoms with E-state index >= 15 is 0 Å². The second-order valence-corrected chi connectivity index (χ2v) is 45.3. The molecule has 2 aromatic carbocycles. The van der Waals surface area contributed by atoms with Crippen LogP contribution in [-0.4, -0.2) is 288 Å². The second-order valence-electron chi connectivity index (χ2n) is 32.8. The number of aromatic nitrogens is 4. The molecule has 0 spiro atoms. The van der Waals surface area contributed by atoms with E-state index in [1.54, 1.807) is 12.5 Å². The van der Waals surface area contributed by atoms with Gasteiger partial charge in [-0.25, -0.2) is 14.1 Å². The number of allylic oxidation sites excluding steroid dienone is 2. The number of carboxylic acids is 2. The number of benzene rings is 2. The number of fused-ring (bicyclic) bond motifs is 1. The number of nitrogens with one attached hydrogen (secondary N) is 5. The summed E-state index contributed by atoms with van der Waals surface area (Å²) in [6.07, 6.45) is 44.8. The molecule has 50 heteroatoms. The number of nitrogens with zero attached hydrogens (tertiary/aromatic N) is 5. The van der Waals surface area contributed by atoms with Crippen molar-refractivity contribution in [3.8, 4) is 0 Å². The van der Waals surface area contributed by atoms with Crippen molar-refractivity contribution >= 4 is 105 Å². The van der Waals surface area contributed by atoms with E-state index in [2.05, 4.69) is 71.9 Å². The molecule has 2 aliphatic rings. The molecule has 4 aromatic rings. The van der Waals surface area contributed by atoms with E-state index in [1.807, 2.05) is 77.4 Å². The average Bonchev–Trinajstić information content (AvgIpc) is 1.56. The number of esters is 1. The molecule has 133 heavy (non-hydrogen) atoms. The number of hydrogen-bond acceptors (Lipinski definition) is 28. The highest BCUT2D eigenvalue weighted by atomic mass is 32.2. The molecule has 3 atom stereocenters. The van der Waals surface area contributed by atoms with Crippen LogP contribution in [0.5, 0.6) is 0 Å². The number of nitrogens with two attached hydrogens (primary N) is 1. The van der Waals surface area contributed by atoms with Crippen LogP contribution >= 0.6 is 0 Å². The molecule has 2 unspecified atom stereocenters. The van der Waals surface area contributed by atoms with E-state index in [1.165, 1.54) is 108 Å². The Kier molecular flexibility index (Phi) is 68.2. The van der Waals surface area contributed by atoms with Gasteiger partial charge in [0.1, 0.15) is 30.2 Å². The molecule has 1 aliphatic carbocycles. The molecule has 0 fully saturated rings. The summed E-state index contributed by atoms with van der Waals surface area (Å²) in [5.74, 6) is -4.39. The molecule has 772 valence electrons. The van der Waals surface area contributed by atoms with Gasteiger partial charge in [0.05, 0.1) is 79.1 Å². The van der Waals surface area contributed by atoms with Crippen molar-refractivity contribution in [2.24, 2.45) is 11.1 Å². The first-order chi connectivity index (χ1) is 62.3. The Morgan fingerprint density at radius 3 is 1.46 bits per heavy atom. The van der Waals surface area contributed by atoms with Gasteiger partial charge in [-0.2, -0.15) is 67.3 Å². The molecule has 0 amide bonds. The van der Waals surface area contributed by atoms with Crippen LogP contribution in [0, 0.1) is 12.3 Å². The molecular weight excluding hydrogens is 1900 g/mol. The van der Waals surface area contributed by atoms with Crippen LogP contribution in [0.1, 0.15) is 215 Å². The van der Waals surface area contributed by atoms with Crippen molar-refractivity contribution in [1.82, 2.24) is 45.6 Å². The van der Waals surface area contributed by atoms with Gasteiger partial charge in [0.25, 0.3) is 80.9 Å². The summed E-state index contributed by atoms with van der Waals surface area (Å²) in [5, 5.41) is 31.1. The maximum atomic E-state index is 11.7. The van der Waals surface area contributed by atoms with Gasteiger partial charge < -0.3 is 57.6 Å². The van der Waals surface area contributed by atoms with Gasteiger partial charge in [0.15, 0.2) is 0 Å². The van der Waals surface area contributed by atoms with Crippen LogP contribution in [-0.2, 0) is 139 Å². The van der Waals surface area contributed by atoms with Crippen molar-refractivity contribution in [2.45, 2.75) is 251 Å². The first-order valence-corrected chi connectivity index (χ1v) is 57.9. The highest BCUT2D eigenvalue weighted by molar-refractivity contribution is 7.87. The lowest BCUT2D eigenvalue weighted by atomic mass is 9.70. The lowest BCUT2D eigenvalue weighted by Gasteiger charge is -2.35. The zero-order chi connectivity index (χ0) is 100. The first kappa shape index (κ1) is 127. The number of rotatable bonds is 64. The minimum absolute atomic E-state index is 0.0864. The van der Waals surface area contributed by atoms with Crippen LogP contribution in [0.3, 0.4) is 0 Å². The van der Waals surface area contributed by atoms with Gasteiger partial charge in [0.2, 0.25) is 6.33 Å². The van der Waals surface area contributed by atoms with Crippen LogP contribution < -0.4 is 42.6 Å². The van der Waals surface area contributed by atoms with Crippen LogP contribution in [0.4, 0.5) is 5.69 Å². The molecule has 2 aromatic heterocycles. The maximum Gasteiger partial charge on any atom is 0.323 e. The van der Waals surface area contributed by atoms with Gasteiger partial charge in [0, 0.05) is 63.5 Å². The Morgan fingerprint density at radius 2 is 0.992 bits per heavy atom. The lowest BCUT2D eigenvalue weighted by Crippen LogP contribution is -2.43. The lowest BCUT2D eigenvalue weighted by molar-refractivity contribution is -0.697. The summed E-state index contributed by atoms with van der Waals surface area (Å²) in [7, 11) is -29.8. The zero-order valence-corrected chi connectivity index (χ0v) is 84.0. The van der Waals surface area contributed by atoms with E-state index in [0.717, 1.165) is 81.5 Å². The number of ether oxygens (including phenoxy) is 1. The average molecular weight is 2060 g/mol. The highest BCUT2D eigenvalue weighted by Crippen LogP contribution is 2.42. The van der Waals surface area contributed by atoms with E-state index in [9.17, 15) is 81.7 Å². The Balaban J connectivity index is 0.00000154. The molecule has 0 saturated heterocycles. The standard InChI is InChI=1S/C23H44O3S.C14H21NO5S.C12H18N4O3S.C12H18N2O3S.C9H20N2O5S.C8H20N2O6S2.C5H11NO5S/c1-2-3-4-5-6-7-8-9-10-11-12-14-18-23(19-15-13-16-20-23)21-17-22-27(24,25)26;1-11-4-6-12(7-5-11)10-13(14(16)20-2)15-8-3-9-21(17,18)19;17-20(18,19)10-2-6-16-9-8-15(12-16)5-1-4-14-7-3-13-11-14;13-12-4-1-3-10-9-14(7-5-11(10)12)6-2-8-18(15,16)17;10-5-2-1-4-8(9(12)13)11-6-3-7-17(14,15)16;11-17(12,13)7-1-3-9-5-6-10-4-2-8-18(14,15)16;7-5(8)4-6-2-1-3-12(9,10)11/h13,15H,2-12,14,16-22H2,1H3,(H,24,25,26);4-7,13,15H,3,8-10H2,1-2H3,(H,17,18,19);3,7-9,11-12H,1-2,4-6,10H2;1,3-4H,2,5-9,13H2,(H,15,16,17);8,11H,1-7,10H2,(H,12,13)(H,14,15,16);9-10H,1-8H2,(H,11,12,13)(H,14,15,16);6H,1-4H2,(H,7,8)(H,9,10,11)/p+2/t;13-;;;;;/m.1...../s1. The number of unbranched alkanes of at least 4 members (excludes halogenated alkanes) is 12. The molecule has 0 radical (unpaired) electrons. The fourth-order valence-electron chi connectivity index (χ4n) is 13.9. The van der Waals surface area contributed by atoms with Gasteiger partial charge >= 0.3 is 17.9 Å². The normalized spacial score (nSPS) is 14.7. The fourth-order valence-corrected chi connectivity index (χ4v) is 17.9. The number of carboxylic acid groups (broad SMARTS) is 2. The molecule has 0 saturated carbocycles. The highest BCUT2D eigenvalue weighted by Gasteiger charge is 2.30. The number of methoxy groups -OCH3 is 1. The molecule has 3 heterocycles. The molecule has 1 aliphatic heterocycles. The van der Waals surface area contributed by atoms with Gasteiger partial charge in [-0.3, -0.25) is 55.7 Å². The molecule has 6 rings (SSSR count). The van der Waals surface area contributed by atoms with Crippen LogP contribution in [0.2, 0.25) is 0 Å². The minimum atomic E-state index is -3.97. The van der Waals surface area contributed by atoms with E-state index < -0.39 is 111 Å². The summed E-state index contributed by atoms with van der Waals surface area (Å²) >= 11 is 0. The monoisotopic (exact) mass is 2050 g/mol. The Hall–Kier alpha value is -6.03. The molecule has 42 nitrogen and oxygen atoms in total. The number of carbonyl (C=O) groups excluding carboxylic acids is 1. The Morgan fingerprint density at radius 1 is 0.526 bits per heavy atom. The van der Waals surface area contributed by atoms with E-state index in [-0.39, 0.29) is 90.3 Å². The van der Waals surface area contributed by atoms with Crippen molar-refractivity contribution in [3.05, 3.63) is 114 Å². The summed E-state index contributed by atoms with van der Waals surface area (Å²) in [6.45, 7) is 12.4. The first-order valence-electron chi connectivity index (χ1n) is 45.1. The number of aryl methyl sites for hydroxylation is 4. The van der Waals surface area contributed by atoms with Crippen LogP contribution in [0.15, 0.2) is 92.1 Å². The van der Waals surface area contributed by atoms with Gasteiger partial charge in [-0.05, 0) is 178 Å². The van der Waals surface area contributed by atoms with Crippen molar-refractivity contribution in [2.75, 3.05) is 125 Å². The zero-order valence-electron chi connectivity index (χ0n) is 77.4. The fraction of sp³-hybridized carbons (Fsp3) is 0.723. The summed E-state index contributed by atoms with van der Waals surface area (Å²) in [5.41, 5.74) is 15.4. The van der Waals surface area contributed by atoms with Crippen LogP contribution in [0.25, 0.3) is 0 Å². The third-order valence-corrected chi connectivity index (χ3v) is 27.2. The number of hydrogen-bond donors (Lipinski definition) is 17. The van der Waals surface area contributed by atoms with Crippen molar-refractivity contribution in [1.29, 1.82) is 0 Å². The largest absolute Gasteiger partial charge is 0.480 e. The SMILES string of the molecule is CCCCCCCCCCCCCCC1(CCCS(=O)(=O)O)CC=CCC1.COC(=O)[C@@H](Cc1ccc(C)cc1)NCCCS(=O)(=O)O.NCCCCC(NCCCS(=O)(=O)O)C(=O)O.O=C(O)CNCCCS(=O)(=O)O.O=S(=O)(O)CCCNCCNCCCS(=O)(=O)O.O=S(=O)(O)CCCn1cc[n+](CCCn2ccnc2)c1.[NH3+]c1cccc2c1CCN(CCCS(=O)(=O)O)C2. The molecular formula is C83H154N12O30S8+2. The van der Waals surface area contributed by atoms with Gasteiger partial charge in [-0.1, -0.05) is 145 Å². The second kappa shape index (κ2) is 71.4. The number of quaternary nitrogens is 1. The van der Waals surface area contributed by atoms with E-state index in [4.69, 9.17) is 57.1 Å². The predicted molar refractivity (Wildman–Crippen MR) is 511 cm³/mol.